The SMILES string of the molecule is Cc1c(NC(=O)CO)c(C)c(C(=O)N(C)CC(O)CO)c(C)c1C(=O)NCCN(C)C(=O)c1c(C)c(NC(=O)CO)c(C)c(C(=O)N(C)CC(O)CO)c1C. The van der Waals surface area contributed by atoms with Gasteiger partial charge in [0.1, 0.15) is 13.2 Å². The fourth-order valence-corrected chi connectivity index (χ4v) is 6.49. The Morgan fingerprint density at radius 3 is 1.20 bits per heavy atom. The van der Waals surface area contributed by atoms with Crippen LogP contribution < -0.4 is 16.0 Å². The molecule has 0 radical (unpaired) electrons. The van der Waals surface area contributed by atoms with Crippen molar-refractivity contribution in [2.45, 2.75) is 53.8 Å². The monoisotopic (exact) mass is 774 g/mol. The summed E-state index contributed by atoms with van der Waals surface area (Å²) in [7, 11) is 4.27. The molecule has 2 aromatic carbocycles. The van der Waals surface area contributed by atoms with E-state index >= 15 is 0 Å². The minimum atomic E-state index is -1.23. The molecule has 0 saturated carbocycles. The summed E-state index contributed by atoms with van der Waals surface area (Å²) >= 11 is 0. The number of benzene rings is 2. The number of aliphatic hydroxyl groups excluding tert-OH is 6. The van der Waals surface area contributed by atoms with Crippen molar-refractivity contribution in [2.24, 2.45) is 0 Å². The second-order valence-electron chi connectivity index (χ2n) is 13.4. The summed E-state index contributed by atoms with van der Waals surface area (Å²) in [6.45, 7) is 5.81. The Labute approximate surface area is 319 Å². The molecule has 18 nitrogen and oxygen atoms in total. The first-order chi connectivity index (χ1) is 25.7. The first-order valence-electron chi connectivity index (χ1n) is 17.4. The van der Waals surface area contributed by atoms with Crippen LogP contribution in [-0.2, 0) is 9.59 Å². The van der Waals surface area contributed by atoms with Gasteiger partial charge in [0.05, 0.1) is 25.4 Å². The highest BCUT2D eigenvalue weighted by Crippen LogP contribution is 2.34. The molecular formula is C37H54N6O12. The predicted molar refractivity (Wildman–Crippen MR) is 202 cm³/mol. The highest BCUT2D eigenvalue weighted by atomic mass is 16.3. The van der Waals surface area contributed by atoms with Crippen LogP contribution in [0, 0.1) is 41.5 Å². The van der Waals surface area contributed by atoms with Crippen LogP contribution in [0.5, 0.6) is 0 Å². The van der Waals surface area contributed by atoms with Gasteiger partial charge in [0.15, 0.2) is 0 Å². The van der Waals surface area contributed by atoms with Gasteiger partial charge in [-0.1, -0.05) is 0 Å². The zero-order chi connectivity index (χ0) is 42.1. The van der Waals surface area contributed by atoms with E-state index in [0.717, 1.165) is 4.90 Å². The molecule has 0 aliphatic rings. The summed E-state index contributed by atoms with van der Waals surface area (Å²) < 4.78 is 0. The predicted octanol–water partition coefficient (Wildman–Crippen LogP) is -1.25. The second kappa shape index (κ2) is 20.1. The molecule has 9 N–H and O–H groups in total. The number of rotatable bonds is 17. The van der Waals surface area contributed by atoms with Gasteiger partial charge in [-0.3, -0.25) is 28.8 Å². The third-order valence-corrected chi connectivity index (χ3v) is 9.35. The summed E-state index contributed by atoms with van der Waals surface area (Å²) in [4.78, 5) is 83.2. The van der Waals surface area contributed by atoms with Gasteiger partial charge in [0.25, 0.3) is 23.6 Å². The second-order valence-corrected chi connectivity index (χ2v) is 13.4. The van der Waals surface area contributed by atoms with Crippen molar-refractivity contribution in [1.29, 1.82) is 0 Å². The van der Waals surface area contributed by atoms with Crippen molar-refractivity contribution in [1.82, 2.24) is 20.0 Å². The molecule has 18 heteroatoms. The van der Waals surface area contributed by atoms with Gasteiger partial charge in [-0.15, -0.1) is 0 Å². The van der Waals surface area contributed by atoms with E-state index in [1.165, 1.54) is 30.9 Å². The van der Waals surface area contributed by atoms with Gasteiger partial charge in [-0.05, 0) is 74.9 Å². The average molecular weight is 775 g/mol. The number of anilines is 2. The maximum Gasteiger partial charge on any atom is 0.254 e. The van der Waals surface area contributed by atoms with Crippen molar-refractivity contribution < 1.29 is 59.4 Å². The summed E-state index contributed by atoms with van der Waals surface area (Å²) in [5, 5.41) is 65.1. The zero-order valence-electron chi connectivity index (χ0n) is 32.8. The summed E-state index contributed by atoms with van der Waals surface area (Å²) in [6.07, 6.45) is -2.46. The number of carbonyl (C=O) groups excluding carboxylic acids is 6. The molecule has 0 fully saturated rings. The van der Waals surface area contributed by atoms with Crippen LogP contribution in [0.15, 0.2) is 0 Å². The average Bonchev–Trinajstić information content (AvgIpc) is 3.14. The van der Waals surface area contributed by atoms with Crippen molar-refractivity contribution in [3.8, 4) is 0 Å². The lowest BCUT2D eigenvalue weighted by molar-refractivity contribution is -0.119. The maximum absolute atomic E-state index is 14.0. The van der Waals surface area contributed by atoms with Crippen LogP contribution in [0.3, 0.4) is 0 Å². The molecule has 0 aromatic heterocycles. The lowest BCUT2D eigenvalue weighted by atomic mass is 9.89. The number of nitrogens with zero attached hydrogens (tertiary/aromatic N) is 3. The number of aliphatic hydroxyl groups is 6. The molecule has 55 heavy (non-hydrogen) atoms. The number of carbonyl (C=O) groups is 6. The normalized spacial score (nSPS) is 12.1. The van der Waals surface area contributed by atoms with Crippen molar-refractivity contribution in [3.05, 3.63) is 55.6 Å². The van der Waals surface area contributed by atoms with E-state index in [1.807, 2.05) is 0 Å². The molecule has 0 aliphatic heterocycles. The Kier molecular flexibility index (Phi) is 16.9. The lowest BCUT2D eigenvalue weighted by Crippen LogP contribution is -2.39. The molecule has 2 unspecified atom stereocenters. The molecule has 2 aromatic rings. The van der Waals surface area contributed by atoms with E-state index in [-0.39, 0.29) is 70.9 Å². The van der Waals surface area contributed by atoms with Gasteiger partial charge in [-0.25, -0.2) is 0 Å². The molecule has 2 rings (SSSR count). The van der Waals surface area contributed by atoms with Crippen molar-refractivity contribution in [2.75, 3.05) is 84.4 Å². The van der Waals surface area contributed by atoms with E-state index in [2.05, 4.69) is 16.0 Å². The fourth-order valence-electron chi connectivity index (χ4n) is 6.49. The molecule has 0 saturated heterocycles. The van der Waals surface area contributed by atoms with Crippen LogP contribution in [0.25, 0.3) is 0 Å². The standard InChI is InChI=1S/C37H54N6O12/c1-18-28(20(3)32(39-26(50)16-46)21(4)29(18)36(54)42(8)12-24(48)14-44)34(52)38-10-11-41(7)35(53)30-19(2)31(37(55)43(9)13-25(49)15-45)23(6)33(22(30)5)40-27(51)17-47/h24-25,44-49H,10-17H2,1-9H3,(H,38,52)(H,39,50)(H,40,51). The van der Waals surface area contributed by atoms with E-state index in [9.17, 15) is 59.4 Å². The molecule has 0 bridgehead atoms. The fraction of sp³-hybridized carbons (Fsp3) is 0.514. The molecule has 0 spiro atoms. The number of amides is 6. The van der Waals surface area contributed by atoms with Crippen LogP contribution in [0.2, 0.25) is 0 Å². The Hall–Kier alpha value is -4.98. The highest BCUT2D eigenvalue weighted by molar-refractivity contribution is 6.09. The Morgan fingerprint density at radius 2 is 0.855 bits per heavy atom. The number of hydrogen-bond donors (Lipinski definition) is 9. The van der Waals surface area contributed by atoms with Crippen LogP contribution in [0.4, 0.5) is 11.4 Å². The largest absolute Gasteiger partial charge is 0.394 e. The van der Waals surface area contributed by atoms with E-state index in [0.29, 0.717) is 22.3 Å². The number of hydrogen-bond acceptors (Lipinski definition) is 12. The molecule has 0 aliphatic carbocycles. The first kappa shape index (κ1) is 46.2. The third-order valence-electron chi connectivity index (χ3n) is 9.35. The van der Waals surface area contributed by atoms with Crippen molar-refractivity contribution in [3.63, 3.8) is 0 Å². The van der Waals surface area contributed by atoms with Crippen LogP contribution >= 0.6 is 0 Å². The van der Waals surface area contributed by atoms with Gasteiger partial charge >= 0.3 is 0 Å². The molecule has 2 atom stereocenters. The quantitative estimate of drug-likeness (QED) is 0.0913. The van der Waals surface area contributed by atoms with E-state index < -0.39 is 74.1 Å². The molecule has 0 heterocycles. The lowest BCUT2D eigenvalue weighted by Gasteiger charge is -2.27. The summed E-state index contributed by atoms with van der Waals surface area (Å²) in [5.74, 6) is -4.00. The molecular weight excluding hydrogens is 720 g/mol. The number of likely N-dealkylation sites (N-methyl/N-ethyl adjacent to an activating group) is 3. The van der Waals surface area contributed by atoms with Gasteiger partial charge in [-0.2, -0.15) is 0 Å². The van der Waals surface area contributed by atoms with Gasteiger partial charge in [0, 0.05) is 81.0 Å². The minimum Gasteiger partial charge on any atom is -0.394 e. The Bertz CT molecular complexity index is 1810. The maximum atomic E-state index is 14.0. The highest BCUT2D eigenvalue weighted by Gasteiger charge is 2.31. The van der Waals surface area contributed by atoms with E-state index in [4.69, 9.17) is 0 Å². The molecule has 304 valence electrons. The Morgan fingerprint density at radius 1 is 0.527 bits per heavy atom. The minimum absolute atomic E-state index is 0.0420. The Balaban J connectivity index is 2.53. The first-order valence-corrected chi connectivity index (χ1v) is 17.4. The van der Waals surface area contributed by atoms with Crippen molar-refractivity contribution >= 4 is 46.8 Å². The molecule has 6 amide bonds. The zero-order valence-corrected chi connectivity index (χ0v) is 32.8. The van der Waals surface area contributed by atoms with Crippen LogP contribution in [0.1, 0.15) is 74.8 Å². The third kappa shape index (κ3) is 10.6. The van der Waals surface area contributed by atoms with Gasteiger partial charge in [0.2, 0.25) is 11.8 Å². The smallest absolute Gasteiger partial charge is 0.254 e. The van der Waals surface area contributed by atoms with Gasteiger partial charge < -0.3 is 61.3 Å². The summed E-state index contributed by atoms with van der Waals surface area (Å²) in [6, 6.07) is 0. The topological polar surface area (TPSA) is 270 Å². The van der Waals surface area contributed by atoms with E-state index in [1.54, 1.807) is 41.5 Å². The number of nitrogens with one attached hydrogen (secondary N) is 3. The summed E-state index contributed by atoms with van der Waals surface area (Å²) in [5.41, 5.74) is 2.23. The van der Waals surface area contributed by atoms with Crippen LogP contribution in [-0.4, -0.2) is 167 Å².